The van der Waals surface area contributed by atoms with Gasteiger partial charge in [0.25, 0.3) is 0 Å². The number of anilines is 1. The molecule has 0 aliphatic carbocycles. The number of halogens is 2. The lowest BCUT2D eigenvalue weighted by atomic mass is 10.1. The molecule has 138 valence electrons. The fraction of sp³-hybridized carbons (Fsp3) is 0.294. The number of carbonyl (C=O) groups excluding carboxylic acids is 2. The summed E-state index contributed by atoms with van der Waals surface area (Å²) in [7, 11) is 0. The van der Waals surface area contributed by atoms with Crippen LogP contribution >= 0.6 is 23.4 Å². The second-order valence-corrected chi connectivity index (χ2v) is 6.94. The number of carbonyl (C=O) groups is 2. The van der Waals surface area contributed by atoms with Crippen LogP contribution in [0, 0.1) is 19.7 Å². The quantitative estimate of drug-likeness (QED) is 0.553. The molecule has 0 unspecified atom stereocenters. The van der Waals surface area contributed by atoms with Crippen molar-refractivity contribution in [3.8, 4) is 0 Å². The van der Waals surface area contributed by atoms with Crippen LogP contribution in [-0.4, -0.2) is 27.5 Å². The van der Waals surface area contributed by atoms with Crippen molar-refractivity contribution < 1.29 is 14.0 Å². The van der Waals surface area contributed by atoms with E-state index in [0.717, 1.165) is 17.0 Å². The van der Waals surface area contributed by atoms with E-state index >= 15 is 0 Å². The van der Waals surface area contributed by atoms with Gasteiger partial charge in [0.15, 0.2) is 5.16 Å². The summed E-state index contributed by atoms with van der Waals surface area (Å²) >= 11 is 6.87. The highest BCUT2D eigenvalue weighted by molar-refractivity contribution is 7.99. The average Bonchev–Trinajstić information content (AvgIpc) is 2.55. The summed E-state index contributed by atoms with van der Waals surface area (Å²) in [6, 6.07) is 4.01. The van der Waals surface area contributed by atoms with Crippen LogP contribution in [0.3, 0.4) is 0 Å². The minimum atomic E-state index is -0.539. The van der Waals surface area contributed by atoms with Gasteiger partial charge in [-0.05, 0) is 44.0 Å². The van der Waals surface area contributed by atoms with Crippen LogP contribution < -0.4 is 11.1 Å². The van der Waals surface area contributed by atoms with Crippen molar-refractivity contribution in [2.45, 2.75) is 31.8 Å². The van der Waals surface area contributed by atoms with Gasteiger partial charge in [-0.15, -0.1) is 0 Å². The van der Waals surface area contributed by atoms with E-state index in [-0.39, 0.29) is 23.1 Å². The molecule has 0 fully saturated rings. The first kappa shape index (κ1) is 20.1. The minimum Gasteiger partial charge on any atom is -0.369 e. The Kier molecular flexibility index (Phi) is 6.93. The number of rotatable bonds is 7. The summed E-state index contributed by atoms with van der Waals surface area (Å²) in [6.07, 6.45) is 0.674. The normalized spacial score (nSPS) is 10.6. The van der Waals surface area contributed by atoms with Gasteiger partial charge in [0.05, 0.1) is 10.8 Å². The molecule has 2 rings (SSSR count). The van der Waals surface area contributed by atoms with Gasteiger partial charge in [0.2, 0.25) is 11.8 Å². The number of aryl methyl sites for hydroxylation is 2. The van der Waals surface area contributed by atoms with Gasteiger partial charge < -0.3 is 11.1 Å². The van der Waals surface area contributed by atoms with Crippen LogP contribution in [0.4, 0.5) is 10.1 Å². The highest BCUT2D eigenvalue weighted by Gasteiger charge is 2.12. The van der Waals surface area contributed by atoms with Gasteiger partial charge in [0, 0.05) is 23.5 Å². The number of nitrogens with two attached hydrogens (primary N) is 1. The molecule has 0 saturated heterocycles. The molecule has 9 heteroatoms. The first-order valence-electron chi connectivity index (χ1n) is 7.76. The lowest BCUT2D eigenvalue weighted by Gasteiger charge is -2.11. The van der Waals surface area contributed by atoms with Crippen molar-refractivity contribution in [2.24, 2.45) is 5.73 Å². The van der Waals surface area contributed by atoms with Gasteiger partial charge in [-0.25, -0.2) is 14.4 Å². The third kappa shape index (κ3) is 5.67. The van der Waals surface area contributed by atoms with Crippen LogP contribution in [0.25, 0.3) is 0 Å². The Balaban J connectivity index is 1.98. The van der Waals surface area contributed by atoms with Crippen LogP contribution in [0.5, 0.6) is 0 Å². The zero-order chi connectivity index (χ0) is 19.3. The number of hydrogen-bond acceptors (Lipinski definition) is 5. The van der Waals surface area contributed by atoms with Crippen LogP contribution in [0.1, 0.15) is 23.4 Å². The molecular formula is C17H18ClFN4O2S. The lowest BCUT2D eigenvalue weighted by molar-refractivity contribution is -0.116. The molecule has 0 spiro atoms. The number of amides is 2. The largest absolute Gasteiger partial charge is 0.369 e. The number of nitrogens with one attached hydrogen (secondary N) is 1. The highest BCUT2D eigenvalue weighted by atomic mass is 35.5. The third-order valence-electron chi connectivity index (χ3n) is 3.55. The number of primary amides is 1. The number of nitrogens with zero attached hydrogens (tertiary/aromatic N) is 2. The number of hydrogen-bond donors (Lipinski definition) is 2. The van der Waals surface area contributed by atoms with E-state index in [4.69, 9.17) is 17.3 Å². The fourth-order valence-electron chi connectivity index (χ4n) is 2.31. The first-order chi connectivity index (χ1) is 12.3. The summed E-state index contributed by atoms with van der Waals surface area (Å²) in [5, 5.41) is 3.11. The summed E-state index contributed by atoms with van der Waals surface area (Å²) in [6.45, 7) is 3.66. The maximum Gasteiger partial charge on any atom is 0.227 e. The van der Waals surface area contributed by atoms with Crippen molar-refractivity contribution >= 4 is 40.9 Å². The molecule has 1 heterocycles. The molecule has 1 aromatic heterocycles. The predicted octanol–water partition coefficient (Wildman–Crippen LogP) is 3.03. The van der Waals surface area contributed by atoms with E-state index < -0.39 is 11.7 Å². The molecule has 0 aliphatic heterocycles. The maximum atomic E-state index is 13.1. The Bertz CT molecular complexity index is 825. The summed E-state index contributed by atoms with van der Waals surface area (Å²) in [5.74, 6) is -1.09. The topological polar surface area (TPSA) is 98.0 Å². The Hall–Kier alpha value is -2.19. The van der Waals surface area contributed by atoms with E-state index in [1.807, 2.05) is 13.8 Å². The van der Waals surface area contributed by atoms with E-state index in [9.17, 15) is 14.0 Å². The first-order valence-corrected chi connectivity index (χ1v) is 9.12. The van der Waals surface area contributed by atoms with E-state index in [1.54, 1.807) is 0 Å². The smallest absolute Gasteiger partial charge is 0.227 e. The molecule has 1 aromatic carbocycles. The van der Waals surface area contributed by atoms with Crippen molar-refractivity contribution in [3.05, 3.63) is 46.0 Å². The highest BCUT2D eigenvalue weighted by Crippen LogP contribution is 2.21. The van der Waals surface area contributed by atoms with Gasteiger partial charge in [-0.3, -0.25) is 9.59 Å². The Morgan fingerprint density at radius 2 is 1.92 bits per heavy atom. The van der Waals surface area contributed by atoms with E-state index in [0.29, 0.717) is 17.3 Å². The van der Waals surface area contributed by atoms with Gasteiger partial charge in [-0.2, -0.15) is 0 Å². The number of aromatic nitrogens is 2. The molecular weight excluding hydrogens is 379 g/mol. The Labute approximate surface area is 159 Å². The Morgan fingerprint density at radius 1 is 1.27 bits per heavy atom. The summed E-state index contributed by atoms with van der Waals surface area (Å²) in [5.41, 5.74) is 7.93. The summed E-state index contributed by atoms with van der Waals surface area (Å²) < 4.78 is 13.1. The standard InChI is InChI=1S/C17H18ClFN4O2S/c1-9-12(10(2)22-17(21-9)26-8-15(20)24)4-6-16(25)23-11-3-5-14(19)13(18)7-11/h3,5,7H,4,6,8H2,1-2H3,(H2,20,24)(H,23,25). The zero-order valence-electron chi connectivity index (χ0n) is 14.3. The molecule has 0 radical (unpaired) electrons. The third-order valence-corrected chi connectivity index (χ3v) is 4.71. The molecule has 0 atom stereocenters. The van der Waals surface area contributed by atoms with Crippen LogP contribution in [0.15, 0.2) is 23.4 Å². The average molecular weight is 397 g/mol. The molecule has 26 heavy (non-hydrogen) atoms. The predicted molar refractivity (Wildman–Crippen MR) is 99.8 cm³/mol. The van der Waals surface area contributed by atoms with Crippen LogP contribution in [0.2, 0.25) is 5.02 Å². The molecule has 0 saturated carbocycles. The van der Waals surface area contributed by atoms with E-state index in [2.05, 4.69) is 15.3 Å². The number of benzene rings is 1. The van der Waals surface area contributed by atoms with Gasteiger partial charge in [-0.1, -0.05) is 23.4 Å². The van der Waals surface area contributed by atoms with Gasteiger partial charge >= 0.3 is 0 Å². The molecule has 3 N–H and O–H groups in total. The Morgan fingerprint density at radius 3 is 2.50 bits per heavy atom. The monoisotopic (exact) mass is 396 g/mol. The minimum absolute atomic E-state index is 0.0491. The summed E-state index contributed by atoms with van der Waals surface area (Å²) in [4.78, 5) is 31.6. The fourth-order valence-corrected chi connectivity index (χ4v) is 3.16. The molecule has 2 aromatic rings. The maximum absolute atomic E-state index is 13.1. The second-order valence-electron chi connectivity index (χ2n) is 5.59. The molecule has 2 amide bonds. The molecule has 0 bridgehead atoms. The molecule has 6 nitrogen and oxygen atoms in total. The van der Waals surface area contributed by atoms with Gasteiger partial charge in [0.1, 0.15) is 5.82 Å². The molecule has 0 aliphatic rings. The van der Waals surface area contributed by atoms with Crippen molar-refractivity contribution in [1.82, 2.24) is 9.97 Å². The van der Waals surface area contributed by atoms with Crippen LogP contribution in [-0.2, 0) is 16.0 Å². The van der Waals surface area contributed by atoms with Crippen molar-refractivity contribution in [3.63, 3.8) is 0 Å². The van der Waals surface area contributed by atoms with E-state index in [1.165, 1.54) is 30.0 Å². The zero-order valence-corrected chi connectivity index (χ0v) is 15.9. The van der Waals surface area contributed by atoms with Crippen molar-refractivity contribution in [2.75, 3.05) is 11.1 Å². The lowest BCUT2D eigenvalue weighted by Crippen LogP contribution is -2.15. The second kappa shape index (κ2) is 8.95. The van der Waals surface area contributed by atoms with Crippen molar-refractivity contribution in [1.29, 1.82) is 0 Å². The number of thioether (sulfide) groups is 1. The SMILES string of the molecule is Cc1nc(SCC(N)=O)nc(C)c1CCC(=O)Nc1ccc(F)c(Cl)c1.